The first-order valence-corrected chi connectivity index (χ1v) is 8.55. The molecule has 0 atom stereocenters. The van der Waals surface area contributed by atoms with Crippen molar-refractivity contribution < 1.29 is 4.79 Å². The van der Waals surface area contributed by atoms with Gasteiger partial charge in [-0.15, -0.1) is 11.3 Å². The lowest BCUT2D eigenvalue weighted by molar-refractivity contribution is -0.126. The molecule has 0 radical (unpaired) electrons. The van der Waals surface area contributed by atoms with Crippen molar-refractivity contribution in [2.45, 2.75) is 13.0 Å². The van der Waals surface area contributed by atoms with E-state index < -0.39 is 0 Å². The Morgan fingerprint density at radius 1 is 1.22 bits per heavy atom. The van der Waals surface area contributed by atoms with Crippen LogP contribution in [-0.4, -0.2) is 22.3 Å². The molecule has 0 unspecified atom stereocenters. The molecular weight excluding hydrogens is 304 g/mol. The van der Waals surface area contributed by atoms with Gasteiger partial charge in [0, 0.05) is 41.2 Å². The summed E-state index contributed by atoms with van der Waals surface area (Å²) in [6.07, 6.45) is 6.29. The zero-order valence-corrected chi connectivity index (χ0v) is 13.4. The maximum atomic E-state index is 12.5. The molecule has 4 rings (SSSR count). The maximum absolute atomic E-state index is 12.5. The van der Waals surface area contributed by atoms with Gasteiger partial charge in [0.2, 0.25) is 5.91 Å². The number of rotatable bonds is 2. The third-order valence-electron chi connectivity index (χ3n) is 4.19. The quantitative estimate of drug-likeness (QED) is 0.671. The number of nitrogens with zero attached hydrogens (tertiary/aromatic N) is 2. The Balaban J connectivity index is 1.55. The molecule has 3 heterocycles. The summed E-state index contributed by atoms with van der Waals surface area (Å²) < 4.78 is 0. The van der Waals surface area contributed by atoms with E-state index in [-0.39, 0.29) is 5.91 Å². The summed E-state index contributed by atoms with van der Waals surface area (Å²) in [7, 11) is 0. The van der Waals surface area contributed by atoms with Crippen molar-refractivity contribution in [2.75, 3.05) is 6.54 Å². The van der Waals surface area contributed by atoms with Crippen LogP contribution in [0.3, 0.4) is 0 Å². The highest BCUT2D eigenvalue weighted by molar-refractivity contribution is 7.10. The number of hydrogen-bond acceptors (Lipinski definition) is 3. The summed E-state index contributed by atoms with van der Waals surface area (Å²) in [5, 5.41) is 3.19. The number of hydrogen-bond donors (Lipinski definition) is 0. The molecule has 1 aliphatic heterocycles. The molecule has 0 N–H and O–H groups in total. The smallest absolute Gasteiger partial charge is 0.246 e. The number of carbonyl (C=O) groups is 1. The van der Waals surface area contributed by atoms with E-state index in [9.17, 15) is 4.79 Å². The van der Waals surface area contributed by atoms with Crippen LogP contribution >= 0.6 is 11.3 Å². The molecule has 2 aromatic heterocycles. The second-order valence-corrected chi connectivity index (χ2v) is 6.64. The van der Waals surface area contributed by atoms with Crippen molar-refractivity contribution >= 4 is 34.2 Å². The second-order valence-electron chi connectivity index (χ2n) is 5.63. The van der Waals surface area contributed by atoms with Crippen molar-refractivity contribution in [1.29, 1.82) is 0 Å². The van der Waals surface area contributed by atoms with E-state index in [1.54, 1.807) is 23.6 Å². The van der Waals surface area contributed by atoms with Crippen LogP contribution in [0, 0.1) is 0 Å². The van der Waals surface area contributed by atoms with Gasteiger partial charge in [-0.25, -0.2) is 0 Å². The van der Waals surface area contributed by atoms with Crippen molar-refractivity contribution in [2.24, 2.45) is 0 Å². The van der Waals surface area contributed by atoms with Gasteiger partial charge in [0.1, 0.15) is 0 Å². The van der Waals surface area contributed by atoms with Gasteiger partial charge in [-0.1, -0.05) is 24.3 Å². The van der Waals surface area contributed by atoms with E-state index in [1.807, 2.05) is 41.3 Å². The predicted octanol–water partition coefficient (Wildman–Crippen LogP) is 3.89. The molecule has 1 amide bonds. The number of carbonyl (C=O) groups excluding carboxylic acids is 1. The Bertz CT molecular complexity index is 892. The normalized spacial score (nSPS) is 14.3. The third kappa shape index (κ3) is 2.78. The van der Waals surface area contributed by atoms with Crippen molar-refractivity contribution in [3.05, 3.63) is 70.1 Å². The van der Waals surface area contributed by atoms with Gasteiger partial charge in [-0.05, 0) is 35.6 Å². The van der Waals surface area contributed by atoms with Gasteiger partial charge in [0.05, 0.1) is 5.52 Å². The standard InChI is InChI=1S/C19H16N2OS/c22-18(21-11-8-17-16(13-21)9-12-23-17)7-6-15-4-1-3-14-5-2-10-20-19(14)15/h1-7,9-10,12H,8,11,13H2/b7-6+. The number of thiophene rings is 1. The van der Waals surface area contributed by atoms with Crippen LogP contribution in [0.4, 0.5) is 0 Å². The van der Waals surface area contributed by atoms with Gasteiger partial charge in [0.15, 0.2) is 0 Å². The van der Waals surface area contributed by atoms with Crippen LogP contribution in [0.1, 0.15) is 16.0 Å². The second kappa shape index (κ2) is 5.97. The number of aromatic nitrogens is 1. The molecule has 4 heteroatoms. The molecule has 0 fully saturated rings. The fourth-order valence-electron chi connectivity index (χ4n) is 2.97. The first-order chi connectivity index (χ1) is 11.3. The van der Waals surface area contributed by atoms with E-state index in [1.165, 1.54) is 10.4 Å². The molecule has 0 saturated carbocycles. The monoisotopic (exact) mass is 320 g/mol. The van der Waals surface area contributed by atoms with Crippen molar-refractivity contribution in [1.82, 2.24) is 9.88 Å². The van der Waals surface area contributed by atoms with Crippen LogP contribution in [0.2, 0.25) is 0 Å². The lowest BCUT2D eigenvalue weighted by atomic mass is 10.1. The number of pyridine rings is 1. The average molecular weight is 320 g/mol. The largest absolute Gasteiger partial charge is 0.334 e. The van der Waals surface area contributed by atoms with Gasteiger partial charge in [-0.2, -0.15) is 0 Å². The Kier molecular flexibility index (Phi) is 3.67. The molecule has 23 heavy (non-hydrogen) atoms. The van der Waals surface area contributed by atoms with E-state index in [2.05, 4.69) is 16.4 Å². The summed E-state index contributed by atoms with van der Waals surface area (Å²) in [5.41, 5.74) is 3.19. The number of benzene rings is 1. The van der Waals surface area contributed by atoms with Crippen LogP contribution in [0.15, 0.2) is 54.1 Å². The Morgan fingerprint density at radius 2 is 2.13 bits per heavy atom. The minimum atomic E-state index is 0.0646. The highest BCUT2D eigenvalue weighted by Crippen LogP contribution is 2.24. The Labute approximate surface area is 138 Å². The molecule has 0 spiro atoms. The van der Waals surface area contributed by atoms with Crippen molar-refractivity contribution in [3.8, 4) is 0 Å². The summed E-state index contributed by atoms with van der Waals surface area (Å²) in [6.45, 7) is 1.51. The first-order valence-electron chi connectivity index (χ1n) is 7.67. The number of amides is 1. The van der Waals surface area contributed by atoms with Gasteiger partial charge in [0.25, 0.3) is 0 Å². The molecule has 0 aliphatic carbocycles. The Hall–Kier alpha value is -2.46. The predicted molar refractivity (Wildman–Crippen MR) is 94.2 cm³/mol. The topological polar surface area (TPSA) is 33.2 Å². The molecule has 3 aromatic rings. The lowest BCUT2D eigenvalue weighted by Gasteiger charge is -2.25. The van der Waals surface area contributed by atoms with E-state index >= 15 is 0 Å². The number of fused-ring (bicyclic) bond motifs is 2. The fraction of sp³-hybridized carbons (Fsp3) is 0.158. The number of para-hydroxylation sites is 1. The first kappa shape index (κ1) is 14.2. The molecular formula is C19H16N2OS. The lowest BCUT2D eigenvalue weighted by Crippen LogP contribution is -2.34. The van der Waals surface area contributed by atoms with E-state index in [0.29, 0.717) is 0 Å². The summed E-state index contributed by atoms with van der Waals surface area (Å²) in [4.78, 5) is 20.2. The van der Waals surface area contributed by atoms with E-state index in [4.69, 9.17) is 0 Å². The molecule has 114 valence electrons. The van der Waals surface area contributed by atoms with Gasteiger partial charge >= 0.3 is 0 Å². The molecule has 1 aliphatic rings. The van der Waals surface area contributed by atoms with Crippen LogP contribution in [0.5, 0.6) is 0 Å². The highest BCUT2D eigenvalue weighted by atomic mass is 32.1. The van der Waals surface area contributed by atoms with Crippen molar-refractivity contribution in [3.63, 3.8) is 0 Å². The minimum absolute atomic E-state index is 0.0646. The molecule has 1 aromatic carbocycles. The van der Waals surface area contributed by atoms with Crippen LogP contribution < -0.4 is 0 Å². The third-order valence-corrected chi connectivity index (χ3v) is 5.21. The van der Waals surface area contributed by atoms with Crippen LogP contribution in [0.25, 0.3) is 17.0 Å². The van der Waals surface area contributed by atoms with E-state index in [0.717, 1.165) is 36.0 Å². The average Bonchev–Trinajstić information content (AvgIpc) is 3.07. The molecule has 3 nitrogen and oxygen atoms in total. The summed E-state index contributed by atoms with van der Waals surface area (Å²) >= 11 is 1.79. The summed E-state index contributed by atoms with van der Waals surface area (Å²) in [6, 6.07) is 12.1. The van der Waals surface area contributed by atoms with Gasteiger partial charge in [-0.3, -0.25) is 9.78 Å². The Morgan fingerprint density at radius 3 is 3.09 bits per heavy atom. The zero-order valence-electron chi connectivity index (χ0n) is 12.6. The minimum Gasteiger partial charge on any atom is -0.334 e. The van der Waals surface area contributed by atoms with Gasteiger partial charge < -0.3 is 4.90 Å². The molecule has 0 bridgehead atoms. The fourth-order valence-corrected chi connectivity index (χ4v) is 3.86. The SMILES string of the molecule is O=C(/C=C/c1cccc2cccnc12)N1CCc2sccc2C1. The zero-order chi connectivity index (χ0) is 15.6. The summed E-state index contributed by atoms with van der Waals surface area (Å²) in [5.74, 6) is 0.0646. The highest BCUT2D eigenvalue weighted by Gasteiger charge is 2.19. The molecule has 0 saturated heterocycles. The van der Waals surface area contributed by atoms with Crippen LogP contribution in [-0.2, 0) is 17.8 Å². The maximum Gasteiger partial charge on any atom is 0.246 e.